The molecule has 8 heteroatoms. The van der Waals surface area contributed by atoms with E-state index in [9.17, 15) is 18.8 Å². The number of fused-ring (bicyclic) bond motifs is 1. The number of ether oxygens (including phenoxy) is 1. The average Bonchev–Trinajstić information content (AvgIpc) is 3.38. The van der Waals surface area contributed by atoms with Gasteiger partial charge in [-0.2, -0.15) is 0 Å². The van der Waals surface area contributed by atoms with Gasteiger partial charge in [-0.1, -0.05) is 30.7 Å². The Labute approximate surface area is 214 Å². The van der Waals surface area contributed by atoms with Crippen LogP contribution in [0, 0.1) is 11.7 Å². The normalized spacial score (nSPS) is 17.5. The number of hydrogen-bond donors (Lipinski definition) is 0. The van der Waals surface area contributed by atoms with E-state index in [1.165, 1.54) is 23.3 Å². The smallest absolute Gasteiger partial charge is 0.242 e. The fourth-order valence-electron chi connectivity index (χ4n) is 4.92. The van der Waals surface area contributed by atoms with Crippen LogP contribution in [0.15, 0.2) is 64.0 Å². The molecule has 194 valence electrons. The fraction of sp³-hybridized carbons (Fsp3) is 0.414. The summed E-state index contributed by atoms with van der Waals surface area (Å²) in [7, 11) is 0. The zero-order valence-electron chi connectivity index (χ0n) is 20.7. The zero-order chi connectivity index (χ0) is 25.8. The summed E-state index contributed by atoms with van der Waals surface area (Å²) in [6.07, 6.45) is 5.82. The summed E-state index contributed by atoms with van der Waals surface area (Å²) in [5.41, 5.74) is 1.32. The van der Waals surface area contributed by atoms with Crippen LogP contribution >= 0.6 is 0 Å². The molecule has 2 fully saturated rings. The summed E-state index contributed by atoms with van der Waals surface area (Å²) in [5, 5.41) is 0.439. The maximum atomic E-state index is 13.7. The Morgan fingerprint density at radius 3 is 2.43 bits per heavy atom. The van der Waals surface area contributed by atoms with E-state index in [1.807, 2.05) is 0 Å². The van der Waals surface area contributed by atoms with Crippen molar-refractivity contribution in [1.29, 1.82) is 0 Å². The van der Waals surface area contributed by atoms with E-state index >= 15 is 0 Å². The first kappa shape index (κ1) is 25.1. The van der Waals surface area contributed by atoms with E-state index in [-0.39, 0.29) is 54.7 Å². The first-order valence-electron chi connectivity index (χ1n) is 12.9. The van der Waals surface area contributed by atoms with Crippen LogP contribution < -0.4 is 5.43 Å². The molecule has 2 aromatic carbocycles. The number of hydrogen-bond acceptors (Lipinski definition) is 5. The third-order valence-electron chi connectivity index (χ3n) is 7.29. The number of amides is 2. The quantitative estimate of drug-likeness (QED) is 0.433. The predicted molar refractivity (Wildman–Crippen MR) is 136 cm³/mol. The van der Waals surface area contributed by atoms with Crippen LogP contribution in [0.4, 0.5) is 4.39 Å². The topological polar surface area (TPSA) is 80.1 Å². The predicted octanol–water partition coefficient (Wildman–Crippen LogP) is 4.27. The molecule has 1 atom stereocenters. The lowest BCUT2D eigenvalue weighted by Gasteiger charge is -2.34. The van der Waals surface area contributed by atoms with E-state index in [4.69, 9.17) is 9.15 Å². The van der Waals surface area contributed by atoms with Crippen molar-refractivity contribution in [2.75, 3.05) is 19.7 Å². The van der Waals surface area contributed by atoms with Gasteiger partial charge in [-0.25, -0.2) is 4.39 Å². The Morgan fingerprint density at radius 2 is 1.73 bits per heavy atom. The van der Waals surface area contributed by atoms with Gasteiger partial charge < -0.3 is 19.0 Å². The highest BCUT2D eigenvalue weighted by Gasteiger charge is 2.33. The number of nitrogens with zero attached hydrogens (tertiary/aromatic N) is 2. The van der Waals surface area contributed by atoms with Crippen molar-refractivity contribution in [2.24, 2.45) is 5.92 Å². The fourth-order valence-corrected chi connectivity index (χ4v) is 4.92. The van der Waals surface area contributed by atoms with Crippen molar-refractivity contribution in [1.82, 2.24) is 9.80 Å². The lowest BCUT2D eigenvalue weighted by molar-refractivity contribution is -0.146. The molecule has 2 heterocycles. The minimum absolute atomic E-state index is 0.00870. The molecule has 1 saturated heterocycles. The van der Waals surface area contributed by atoms with Crippen LogP contribution in [0.25, 0.3) is 11.0 Å². The highest BCUT2D eigenvalue weighted by atomic mass is 19.1. The van der Waals surface area contributed by atoms with Gasteiger partial charge in [0.05, 0.1) is 36.4 Å². The number of benzene rings is 2. The van der Waals surface area contributed by atoms with E-state index in [2.05, 4.69) is 0 Å². The van der Waals surface area contributed by atoms with Gasteiger partial charge in [-0.15, -0.1) is 0 Å². The third kappa shape index (κ3) is 5.91. The Kier molecular flexibility index (Phi) is 7.65. The van der Waals surface area contributed by atoms with Crippen molar-refractivity contribution in [3.63, 3.8) is 0 Å². The monoisotopic (exact) mass is 506 g/mol. The molecule has 3 aromatic rings. The van der Waals surface area contributed by atoms with Crippen molar-refractivity contribution in [2.45, 2.75) is 51.3 Å². The minimum Gasteiger partial charge on any atom is -0.464 e. The molecule has 0 N–H and O–H groups in total. The summed E-state index contributed by atoms with van der Waals surface area (Å²) in [6.45, 7) is 1.11. The van der Waals surface area contributed by atoms with Crippen LogP contribution in [0.5, 0.6) is 0 Å². The molecule has 1 saturated carbocycles. The Hall–Kier alpha value is -3.52. The molecule has 2 amide bonds. The van der Waals surface area contributed by atoms with E-state index in [0.29, 0.717) is 29.7 Å². The van der Waals surface area contributed by atoms with E-state index in [0.717, 1.165) is 37.7 Å². The Bertz CT molecular complexity index is 1310. The molecule has 0 bridgehead atoms. The number of rotatable bonds is 9. The molecule has 7 nitrogen and oxygen atoms in total. The second-order valence-electron chi connectivity index (χ2n) is 9.94. The van der Waals surface area contributed by atoms with Gasteiger partial charge in [-0.05, 0) is 55.5 Å². The van der Waals surface area contributed by atoms with Gasteiger partial charge in [0.1, 0.15) is 11.4 Å². The SMILES string of the molecule is O=C(CN(CC1CCCO1)C(=O)C1CCC1)N(Cc1ccc(F)cc1)Cc1coc2ccccc2c1=O. The number of para-hydroxylation sites is 1. The second kappa shape index (κ2) is 11.3. The van der Waals surface area contributed by atoms with E-state index < -0.39 is 0 Å². The minimum atomic E-state index is -0.370. The molecular weight excluding hydrogens is 475 g/mol. The molecule has 0 radical (unpaired) electrons. The number of halogens is 1. The summed E-state index contributed by atoms with van der Waals surface area (Å²) in [5.74, 6) is -0.720. The number of carbonyl (C=O) groups is 2. The first-order chi connectivity index (χ1) is 18.0. The summed E-state index contributed by atoms with van der Waals surface area (Å²) >= 11 is 0. The van der Waals surface area contributed by atoms with Gasteiger partial charge in [0.2, 0.25) is 11.8 Å². The summed E-state index contributed by atoms with van der Waals surface area (Å²) < 4.78 is 24.9. The highest BCUT2D eigenvalue weighted by molar-refractivity contribution is 5.86. The van der Waals surface area contributed by atoms with Crippen LogP contribution in [-0.2, 0) is 27.4 Å². The van der Waals surface area contributed by atoms with Crippen LogP contribution in [0.1, 0.15) is 43.2 Å². The Morgan fingerprint density at radius 1 is 0.946 bits per heavy atom. The standard InChI is InChI=1S/C29H31FN2O5/c30-23-12-10-20(11-13-23)15-31(16-22-19-37-26-9-2-1-8-25(26)28(22)34)27(33)18-32(17-24-7-4-14-36-24)29(35)21-5-3-6-21/h1-2,8-13,19,21,24H,3-7,14-18H2. The van der Waals surface area contributed by atoms with Crippen molar-refractivity contribution < 1.29 is 23.1 Å². The molecule has 5 rings (SSSR count). The molecule has 1 unspecified atom stereocenters. The molecule has 1 aliphatic heterocycles. The van der Waals surface area contributed by atoms with Gasteiger partial charge >= 0.3 is 0 Å². The lowest BCUT2D eigenvalue weighted by atomic mass is 9.84. The Balaban J connectivity index is 1.40. The maximum Gasteiger partial charge on any atom is 0.242 e. The molecule has 1 aliphatic carbocycles. The van der Waals surface area contributed by atoms with Gasteiger partial charge in [0.15, 0.2) is 5.43 Å². The molecule has 1 aromatic heterocycles. The van der Waals surface area contributed by atoms with E-state index in [1.54, 1.807) is 41.3 Å². The molecular formula is C29H31FN2O5. The van der Waals surface area contributed by atoms with Gasteiger partial charge in [-0.3, -0.25) is 14.4 Å². The molecule has 37 heavy (non-hydrogen) atoms. The second-order valence-corrected chi connectivity index (χ2v) is 9.94. The first-order valence-corrected chi connectivity index (χ1v) is 12.9. The van der Waals surface area contributed by atoms with Crippen LogP contribution in [0.2, 0.25) is 0 Å². The third-order valence-corrected chi connectivity index (χ3v) is 7.29. The van der Waals surface area contributed by atoms with Crippen molar-refractivity contribution in [3.05, 3.63) is 82.0 Å². The largest absolute Gasteiger partial charge is 0.464 e. The van der Waals surface area contributed by atoms with Crippen LogP contribution in [0.3, 0.4) is 0 Å². The summed E-state index contributed by atoms with van der Waals surface area (Å²) in [6, 6.07) is 12.9. The van der Waals surface area contributed by atoms with Crippen molar-refractivity contribution >= 4 is 22.8 Å². The van der Waals surface area contributed by atoms with Crippen LogP contribution in [-0.4, -0.2) is 47.4 Å². The molecule has 2 aliphatic rings. The lowest BCUT2D eigenvalue weighted by Crippen LogP contribution is -2.48. The van der Waals surface area contributed by atoms with Crippen molar-refractivity contribution in [3.8, 4) is 0 Å². The summed E-state index contributed by atoms with van der Waals surface area (Å²) in [4.78, 5) is 43.2. The zero-order valence-corrected chi connectivity index (χ0v) is 20.7. The molecule has 0 spiro atoms. The average molecular weight is 507 g/mol. The highest BCUT2D eigenvalue weighted by Crippen LogP contribution is 2.29. The maximum absolute atomic E-state index is 13.7. The van der Waals surface area contributed by atoms with Gasteiger partial charge in [0.25, 0.3) is 0 Å². The number of carbonyl (C=O) groups excluding carboxylic acids is 2. The van der Waals surface area contributed by atoms with Gasteiger partial charge in [0, 0.05) is 25.6 Å².